The molecule has 0 fully saturated rings. The highest BCUT2D eigenvalue weighted by molar-refractivity contribution is 5.99. The van der Waals surface area contributed by atoms with Crippen LogP contribution in [0.3, 0.4) is 0 Å². The Balaban J connectivity index is 1.45. The summed E-state index contributed by atoms with van der Waals surface area (Å²) in [4.78, 5) is 20.8. The molecule has 154 valence electrons. The van der Waals surface area contributed by atoms with E-state index in [0.29, 0.717) is 17.3 Å². The minimum Gasteiger partial charge on any atom is -0.438 e. The number of nitrogens with one attached hydrogen (secondary N) is 3. The molecule has 4 aromatic rings. The van der Waals surface area contributed by atoms with Gasteiger partial charge in [0.2, 0.25) is 5.88 Å². The summed E-state index contributed by atoms with van der Waals surface area (Å²) < 4.78 is 6.01. The second kappa shape index (κ2) is 9.41. The summed E-state index contributed by atoms with van der Waals surface area (Å²) in [5.74, 6) is 1.85. The smallest absolute Gasteiger partial charge is 0.323 e. The highest BCUT2D eigenvalue weighted by atomic mass is 16.5. The molecule has 7 heteroatoms. The first-order chi connectivity index (χ1) is 15.2. The van der Waals surface area contributed by atoms with Crippen molar-refractivity contribution in [3.05, 3.63) is 91.3 Å². The predicted molar refractivity (Wildman–Crippen MR) is 123 cm³/mol. The number of hydrogen-bond donors (Lipinski definition) is 3. The summed E-state index contributed by atoms with van der Waals surface area (Å²) in [6, 6.07) is 23.7. The van der Waals surface area contributed by atoms with Crippen LogP contribution in [0.2, 0.25) is 0 Å². The van der Waals surface area contributed by atoms with Crippen LogP contribution >= 0.6 is 0 Å². The molecule has 0 radical (unpaired) electrons. The number of para-hydroxylation sites is 1. The summed E-state index contributed by atoms with van der Waals surface area (Å²) in [5, 5.41) is 8.61. The van der Waals surface area contributed by atoms with E-state index in [1.54, 1.807) is 36.7 Å². The molecule has 0 aliphatic rings. The number of carbonyl (C=O) groups excluding carboxylic acids is 1. The Morgan fingerprint density at radius 2 is 1.55 bits per heavy atom. The number of urea groups is 1. The fourth-order valence-electron chi connectivity index (χ4n) is 2.96. The predicted octanol–water partition coefficient (Wildman–Crippen LogP) is 5.62. The van der Waals surface area contributed by atoms with Gasteiger partial charge in [-0.05, 0) is 66.2 Å². The number of aromatic nitrogens is 2. The van der Waals surface area contributed by atoms with Crippen molar-refractivity contribution < 1.29 is 9.53 Å². The second-order valence-corrected chi connectivity index (χ2v) is 6.61. The Kier molecular flexibility index (Phi) is 6.04. The van der Waals surface area contributed by atoms with Gasteiger partial charge in [-0.2, -0.15) is 0 Å². The van der Waals surface area contributed by atoms with E-state index in [9.17, 15) is 4.79 Å². The zero-order valence-electron chi connectivity index (χ0n) is 16.9. The summed E-state index contributed by atoms with van der Waals surface area (Å²) in [7, 11) is 1.82. The lowest BCUT2D eigenvalue weighted by Gasteiger charge is -2.12. The van der Waals surface area contributed by atoms with Gasteiger partial charge in [0.1, 0.15) is 11.6 Å². The van der Waals surface area contributed by atoms with Crippen molar-refractivity contribution in [3.8, 4) is 22.8 Å². The Labute approximate surface area is 180 Å². The van der Waals surface area contributed by atoms with Gasteiger partial charge in [0.15, 0.2) is 0 Å². The molecule has 2 aromatic heterocycles. The zero-order valence-corrected chi connectivity index (χ0v) is 16.9. The minimum atomic E-state index is -0.315. The first-order valence-corrected chi connectivity index (χ1v) is 9.71. The molecule has 0 unspecified atom stereocenters. The lowest BCUT2D eigenvalue weighted by molar-refractivity contribution is 0.262. The molecule has 2 heterocycles. The Hall–Kier alpha value is -4.39. The number of anilines is 3. The molecule has 31 heavy (non-hydrogen) atoms. The number of nitrogens with zero attached hydrogens (tertiary/aromatic N) is 2. The van der Waals surface area contributed by atoms with Gasteiger partial charge in [0.25, 0.3) is 0 Å². The Morgan fingerprint density at radius 1 is 0.806 bits per heavy atom. The van der Waals surface area contributed by atoms with Gasteiger partial charge in [0.05, 0.1) is 0 Å². The number of hydrogen-bond acceptors (Lipinski definition) is 5. The number of benzene rings is 2. The third-order valence-corrected chi connectivity index (χ3v) is 4.46. The maximum absolute atomic E-state index is 12.1. The number of pyridine rings is 2. The van der Waals surface area contributed by atoms with Gasteiger partial charge >= 0.3 is 6.03 Å². The molecule has 0 atom stereocenters. The van der Waals surface area contributed by atoms with E-state index < -0.39 is 0 Å². The molecule has 0 spiro atoms. The SMILES string of the molecule is CNc1cc(-c2cccnc2Oc2ccc(NC(=O)Nc3ccccc3)cc2)ccn1. The van der Waals surface area contributed by atoms with Crippen molar-refractivity contribution in [1.82, 2.24) is 9.97 Å². The molecule has 0 aliphatic carbocycles. The third-order valence-electron chi connectivity index (χ3n) is 4.46. The van der Waals surface area contributed by atoms with Crippen LogP contribution in [0.25, 0.3) is 11.1 Å². The quantitative estimate of drug-likeness (QED) is 0.383. The van der Waals surface area contributed by atoms with E-state index in [0.717, 1.165) is 22.6 Å². The van der Waals surface area contributed by atoms with Crippen LogP contribution in [0.1, 0.15) is 0 Å². The van der Waals surface area contributed by atoms with Crippen molar-refractivity contribution in [1.29, 1.82) is 0 Å². The minimum absolute atomic E-state index is 0.315. The van der Waals surface area contributed by atoms with Gasteiger partial charge in [0, 0.05) is 36.4 Å². The highest BCUT2D eigenvalue weighted by Gasteiger charge is 2.10. The average molecular weight is 411 g/mol. The fraction of sp³-hybridized carbons (Fsp3) is 0.0417. The van der Waals surface area contributed by atoms with Crippen LogP contribution in [0.4, 0.5) is 22.0 Å². The van der Waals surface area contributed by atoms with Crippen molar-refractivity contribution >= 4 is 23.2 Å². The standard InChI is InChI=1S/C24H21N5O2/c1-25-22-16-17(13-15-26-22)21-8-5-14-27-23(21)31-20-11-9-19(10-12-20)29-24(30)28-18-6-3-2-4-7-18/h2-16H,1H3,(H,25,26)(H2,28,29,30). The molecule has 4 rings (SSSR count). The number of carbonyl (C=O) groups is 1. The Morgan fingerprint density at radius 3 is 2.29 bits per heavy atom. The number of amides is 2. The average Bonchev–Trinajstić information content (AvgIpc) is 2.81. The van der Waals surface area contributed by atoms with Crippen LogP contribution in [-0.2, 0) is 0 Å². The van der Waals surface area contributed by atoms with Gasteiger partial charge in [-0.1, -0.05) is 18.2 Å². The van der Waals surface area contributed by atoms with Crippen LogP contribution in [0.15, 0.2) is 91.3 Å². The molecular weight excluding hydrogens is 390 g/mol. The van der Waals surface area contributed by atoms with Crippen LogP contribution < -0.4 is 20.7 Å². The summed E-state index contributed by atoms with van der Waals surface area (Å²) in [6.07, 6.45) is 3.42. The fourth-order valence-corrected chi connectivity index (χ4v) is 2.96. The number of ether oxygens (including phenoxy) is 1. The van der Waals surface area contributed by atoms with E-state index >= 15 is 0 Å². The van der Waals surface area contributed by atoms with Gasteiger partial charge < -0.3 is 20.7 Å². The molecule has 7 nitrogen and oxygen atoms in total. The molecule has 0 aliphatic heterocycles. The normalized spacial score (nSPS) is 10.2. The maximum Gasteiger partial charge on any atom is 0.323 e. The van der Waals surface area contributed by atoms with Crippen molar-refractivity contribution in [2.75, 3.05) is 23.0 Å². The van der Waals surface area contributed by atoms with Crippen LogP contribution in [0, 0.1) is 0 Å². The van der Waals surface area contributed by atoms with E-state index in [1.807, 2.05) is 61.6 Å². The van der Waals surface area contributed by atoms with E-state index in [-0.39, 0.29) is 6.03 Å². The molecule has 0 saturated carbocycles. The summed E-state index contributed by atoms with van der Waals surface area (Å²) >= 11 is 0. The lowest BCUT2D eigenvalue weighted by atomic mass is 10.1. The molecule has 2 amide bonds. The molecule has 2 aromatic carbocycles. The van der Waals surface area contributed by atoms with Crippen molar-refractivity contribution in [2.45, 2.75) is 0 Å². The van der Waals surface area contributed by atoms with E-state index in [2.05, 4.69) is 25.9 Å². The highest BCUT2D eigenvalue weighted by Crippen LogP contribution is 2.32. The summed E-state index contributed by atoms with van der Waals surface area (Å²) in [5.41, 5.74) is 3.17. The maximum atomic E-state index is 12.1. The molecule has 0 saturated heterocycles. The monoisotopic (exact) mass is 411 g/mol. The van der Waals surface area contributed by atoms with Gasteiger partial charge in [-0.25, -0.2) is 14.8 Å². The molecule has 0 bridgehead atoms. The number of rotatable bonds is 6. The molecule has 3 N–H and O–H groups in total. The summed E-state index contributed by atoms with van der Waals surface area (Å²) in [6.45, 7) is 0. The second-order valence-electron chi connectivity index (χ2n) is 6.61. The first-order valence-electron chi connectivity index (χ1n) is 9.71. The van der Waals surface area contributed by atoms with Gasteiger partial charge in [-0.15, -0.1) is 0 Å². The zero-order chi connectivity index (χ0) is 21.5. The van der Waals surface area contributed by atoms with E-state index in [4.69, 9.17) is 4.74 Å². The molecular formula is C24H21N5O2. The third kappa shape index (κ3) is 5.16. The first kappa shape index (κ1) is 19.9. The lowest BCUT2D eigenvalue weighted by Crippen LogP contribution is -2.19. The van der Waals surface area contributed by atoms with Crippen LogP contribution in [0.5, 0.6) is 11.6 Å². The van der Waals surface area contributed by atoms with Crippen LogP contribution in [-0.4, -0.2) is 23.0 Å². The largest absolute Gasteiger partial charge is 0.438 e. The van der Waals surface area contributed by atoms with Crippen molar-refractivity contribution in [3.63, 3.8) is 0 Å². The Bertz CT molecular complexity index is 1160. The van der Waals surface area contributed by atoms with Crippen molar-refractivity contribution in [2.24, 2.45) is 0 Å². The van der Waals surface area contributed by atoms with Gasteiger partial charge in [-0.3, -0.25) is 0 Å². The van der Waals surface area contributed by atoms with E-state index in [1.165, 1.54) is 0 Å². The topological polar surface area (TPSA) is 88.2 Å².